The molecule has 0 spiro atoms. The molecule has 0 aliphatic rings. The van der Waals surface area contributed by atoms with E-state index >= 15 is 0 Å². The Morgan fingerprint density at radius 3 is 2.61 bits per heavy atom. The molecule has 0 aromatic heterocycles. The molecule has 0 saturated carbocycles. The van der Waals surface area contributed by atoms with Crippen molar-refractivity contribution in [2.24, 2.45) is 0 Å². The van der Waals surface area contributed by atoms with Crippen molar-refractivity contribution in [1.82, 2.24) is 9.80 Å². The Morgan fingerprint density at radius 2 is 2.11 bits per heavy atom. The monoisotopic (exact) mass is 255 g/mol. The molecule has 0 radical (unpaired) electrons. The highest BCUT2D eigenvalue weighted by Gasteiger charge is 2.15. The molecule has 0 aliphatic carbocycles. The lowest BCUT2D eigenvalue weighted by molar-refractivity contribution is -0.130. The Morgan fingerprint density at radius 1 is 1.44 bits per heavy atom. The zero-order valence-corrected chi connectivity index (χ0v) is 12.0. The summed E-state index contributed by atoms with van der Waals surface area (Å²) in [6, 6.07) is 2.36. The summed E-state index contributed by atoms with van der Waals surface area (Å²) in [7, 11) is 3.43. The van der Waals surface area contributed by atoms with Gasteiger partial charge in [0.2, 0.25) is 5.91 Å². The van der Waals surface area contributed by atoms with Crippen LogP contribution in [0.3, 0.4) is 0 Å². The minimum atomic E-state index is 0.0910. The van der Waals surface area contributed by atoms with E-state index in [0.717, 1.165) is 13.1 Å². The topological polar surface area (TPSA) is 56.6 Å². The SMILES string of the molecule is CCN(CCC(=O)N(C)CCC#N)C(C)COC. The van der Waals surface area contributed by atoms with Gasteiger partial charge in [0.05, 0.1) is 19.1 Å². The van der Waals surface area contributed by atoms with Crippen LogP contribution in [0.15, 0.2) is 0 Å². The van der Waals surface area contributed by atoms with E-state index in [9.17, 15) is 4.79 Å². The van der Waals surface area contributed by atoms with Crippen LogP contribution >= 0.6 is 0 Å². The number of hydrogen-bond donors (Lipinski definition) is 0. The van der Waals surface area contributed by atoms with Crippen LogP contribution < -0.4 is 0 Å². The second-order valence-corrected chi connectivity index (χ2v) is 4.41. The van der Waals surface area contributed by atoms with Gasteiger partial charge in [0.15, 0.2) is 0 Å². The maximum atomic E-state index is 11.8. The summed E-state index contributed by atoms with van der Waals surface area (Å²) in [6.07, 6.45) is 0.879. The molecule has 1 atom stereocenters. The molecule has 1 amide bonds. The van der Waals surface area contributed by atoms with Gasteiger partial charge in [0.1, 0.15) is 0 Å². The first-order chi connectivity index (χ1) is 8.56. The smallest absolute Gasteiger partial charge is 0.223 e. The van der Waals surface area contributed by atoms with E-state index in [1.165, 1.54) is 0 Å². The van der Waals surface area contributed by atoms with Crippen molar-refractivity contribution < 1.29 is 9.53 Å². The second kappa shape index (κ2) is 9.86. The number of ether oxygens (including phenoxy) is 1. The van der Waals surface area contributed by atoms with Crippen molar-refractivity contribution in [2.45, 2.75) is 32.7 Å². The third-order valence-corrected chi connectivity index (χ3v) is 3.04. The number of nitriles is 1. The molecule has 0 aromatic carbocycles. The van der Waals surface area contributed by atoms with Crippen LogP contribution in [-0.2, 0) is 9.53 Å². The van der Waals surface area contributed by atoms with Crippen molar-refractivity contribution in [3.8, 4) is 6.07 Å². The first-order valence-corrected chi connectivity index (χ1v) is 6.40. The maximum Gasteiger partial charge on any atom is 0.223 e. The summed E-state index contributed by atoms with van der Waals surface area (Å²) in [6.45, 7) is 6.99. The maximum absolute atomic E-state index is 11.8. The highest BCUT2D eigenvalue weighted by atomic mass is 16.5. The van der Waals surface area contributed by atoms with Crippen LogP contribution in [0.25, 0.3) is 0 Å². The zero-order valence-electron chi connectivity index (χ0n) is 12.0. The first-order valence-electron chi connectivity index (χ1n) is 6.40. The summed E-state index contributed by atoms with van der Waals surface area (Å²) < 4.78 is 5.12. The quantitative estimate of drug-likeness (QED) is 0.619. The predicted molar refractivity (Wildman–Crippen MR) is 71.1 cm³/mol. The van der Waals surface area contributed by atoms with Crippen LogP contribution in [0.1, 0.15) is 26.7 Å². The Bertz CT molecular complexity index is 276. The molecule has 0 bridgehead atoms. The molecular weight excluding hydrogens is 230 g/mol. The predicted octanol–water partition coefficient (Wildman–Crippen LogP) is 1.11. The Labute approximate surface area is 110 Å². The lowest BCUT2D eigenvalue weighted by Gasteiger charge is -2.27. The molecule has 0 aliphatic heterocycles. The van der Waals surface area contributed by atoms with Gasteiger partial charge in [-0.05, 0) is 13.5 Å². The Hall–Kier alpha value is -1.12. The van der Waals surface area contributed by atoms with Crippen LogP contribution in [0.5, 0.6) is 0 Å². The van der Waals surface area contributed by atoms with Gasteiger partial charge in [-0.25, -0.2) is 0 Å². The molecule has 1 unspecified atom stereocenters. The van der Waals surface area contributed by atoms with Gasteiger partial charge in [-0.1, -0.05) is 6.92 Å². The molecule has 0 saturated heterocycles. The molecule has 0 aromatic rings. The van der Waals surface area contributed by atoms with Gasteiger partial charge < -0.3 is 9.64 Å². The van der Waals surface area contributed by atoms with Crippen molar-refractivity contribution in [3.63, 3.8) is 0 Å². The molecule has 5 nitrogen and oxygen atoms in total. The number of hydrogen-bond acceptors (Lipinski definition) is 4. The average molecular weight is 255 g/mol. The van der Waals surface area contributed by atoms with E-state index in [1.54, 1.807) is 19.1 Å². The first kappa shape index (κ1) is 16.9. The molecule has 18 heavy (non-hydrogen) atoms. The second-order valence-electron chi connectivity index (χ2n) is 4.41. The number of nitrogens with zero attached hydrogens (tertiary/aromatic N) is 3. The van der Waals surface area contributed by atoms with Crippen LogP contribution in [-0.4, -0.2) is 62.1 Å². The van der Waals surface area contributed by atoms with Crippen molar-refractivity contribution >= 4 is 5.91 Å². The molecule has 0 fully saturated rings. The summed E-state index contributed by atoms with van der Waals surface area (Å²) in [4.78, 5) is 15.7. The number of amides is 1. The van der Waals surface area contributed by atoms with Gasteiger partial charge in [-0.2, -0.15) is 5.26 Å². The van der Waals surface area contributed by atoms with Crippen molar-refractivity contribution in [1.29, 1.82) is 5.26 Å². The lowest BCUT2D eigenvalue weighted by atomic mass is 10.2. The molecule has 0 heterocycles. The van der Waals surface area contributed by atoms with E-state index < -0.39 is 0 Å². The molecule has 0 N–H and O–H groups in total. The number of carbonyl (C=O) groups excluding carboxylic acids is 1. The number of likely N-dealkylation sites (N-methyl/N-ethyl adjacent to an activating group) is 1. The number of carbonyl (C=O) groups is 1. The van der Waals surface area contributed by atoms with Gasteiger partial charge in [0.25, 0.3) is 0 Å². The van der Waals surface area contributed by atoms with Crippen molar-refractivity contribution in [2.75, 3.05) is 40.4 Å². The average Bonchev–Trinajstić information content (AvgIpc) is 2.36. The van der Waals surface area contributed by atoms with Gasteiger partial charge in [0, 0.05) is 39.7 Å². The Kier molecular flexibility index (Phi) is 9.25. The number of methoxy groups -OCH3 is 1. The van der Waals surface area contributed by atoms with E-state index in [1.807, 2.05) is 6.07 Å². The van der Waals surface area contributed by atoms with E-state index in [0.29, 0.717) is 32.0 Å². The highest BCUT2D eigenvalue weighted by molar-refractivity contribution is 5.76. The summed E-state index contributed by atoms with van der Waals surface area (Å²) in [5.74, 6) is 0.0910. The minimum Gasteiger partial charge on any atom is -0.383 e. The summed E-state index contributed by atoms with van der Waals surface area (Å²) >= 11 is 0. The van der Waals surface area contributed by atoms with Crippen LogP contribution in [0, 0.1) is 11.3 Å². The molecule has 104 valence electrons. The van der Waals surface area contributed by atoms with Gasteiger partial charge >= 0.3 is 0 Å². The Balaban J connectivity index is 4.04. The normalized spacial score (nSPS) is 12.2. The van der Waals surface area contributed by atoms with Crippen molar-refractivity contribution in [3.05, 3.63) is 0 Å². The summed E-state index contributed by atoms with van der Waals surface area (Å²) in [5.41, 5.74) is 0. The lowest BCUT2D eigenvalue weighted by Crippen LogP contribution is -2.39. The molecule has 0 rings (SSSR count). The van der Waals surface area contributed by atoms with Crippen LogP contribution in [0.4, 0.5) is 0 Å². The fraction of sp³-hybridized carbons (Fsp3) is 0.846. The zero-order chi connectivity index (χ0) is 14.0. The molecule has 5 heteroatoms. The van der Waals surface area contributed by atoms with Gasteiger partial charge in [-0.15, -0.1) is 0 Å². The number of rotatable bonds is 9. The largest absolute Gasteiger partial charge is 0.383 e. The highest BCUT2D eigenvalue weighted by Crippen LogP contribution is 2.02. The van der Waals surface area contributed by atoms with E-state index in [4.69, 9.17) is 10.00 Å². The minimum absolute atomic E-state index is 0.0910. The van der Waals surface area contributed by atoms with E-state index in [2.05, 4.69) is 18.7 Å². The molecular formula is C13H25N3O2. The third kappa shape index (κ3) is 6.58. The standard InChI is InChI=1S/C13H25N3O2/c1-5-16(12(2)11-18-4)10-7-13(17)15(3)9-6-8-14/h12H,5-7,9-11H2,1-4H3. The van der Waals surface area contributed by atoms with E-state index in [-0.39, 0.29) is 5.91 Å². The summed E-state index contributed by atoms with van der Waals surface area (Å²) in [5, 5.41) is 8.47. The fourth-order valence-electron chi connectivity index (χ4n) is 1.81. The van der Waals surface area contributed by atoms with Gasteiger partial charge in [-0.3, -0.25) is 9.69 Å². The fourth-order valence-corrected chi connectivity index (χ4v) is 1.81. The van der Waals surface area contributed by atoms with Crippen LogP contribution in [0.2, 0.25) is 0 Å². The third-order valence-electron chi connectivity index (χ3n) is 3.04.